The Kier molecular flexibility index (Phi) is 5.67. The van der Waals surface area contributed by atoms with Crippen molar-refractivity contribution in [2.75, 3.05) is 14.2 Å². The predicted octanol–water partition coefficient (Wildman–Crippen LogP) is 4.06. The molecule has 42 heavy (non-hydrogen) atoms. The van der Waals surface area contributed by atoms with Crippen molar-refractivity contribution in [3.8, 4) is 51.4 Å². The van der Waals surface area contributed by atoms with E-state index in [1.54, 1.807) is 6.92 Å². The number of rotatable bonds is 3. The number of carbonyl (C=O) groups excluding carboxylic acids is 3. The Bertz CT molecular complexity index is 1940. The molecule has 2 aliphatic rings. The minimum atomic E-state index is -0.960. The molecule has 6 rings (SSSR count). The van der Waals surface area contributed by atoms with Gasteiger partial charge in [-0.1, -0.05) is 0 Å². The number of hydrogen-bond donors (Lipinski definition) is 6. The molecule has 0 heterocycles. The van der Waals surface area contributed by atoms with Crippen LogP contribution in [0.1, 0.15) is 61.1 Å². The number of carbonyl (C=O) groups is 3. The first-order valence-corrected chi connectivity index (χ1v) is 12.7. The second-order valence-electron chi connectivity index (χ2n) is 10.7. The van der Waals surface area contributed by atoms with Crippen LogP contribution in [0.25, 0.3) is 21.9 Å². The summed E-state index contributed by atoms with van der Waals surface area (Å²) in [5.74, 6) is -6.44. The number of methoxy groups -OCH3 is 2. The lowest BCUT2D eigenvalue weighted by molar-refractivity contribution is -0.000972. The minimum absolute atomic E-state index is 0.0360. The van der Waals surface area contributed by atoms with Crippen LogP contribution in [0, 0.1) is 0 Å². The highest BCUT2D eigenvalue weighted by Crippen LogP contribution is 2.55. The van der Waals surface area contributed by atoms with Gasteiger partial charge in [0.25, 0.3) is 0 Å². The van der Waals surface area contributed by atoms with Crippen molar-refractivity contribution in [1.29, 1.82) is 0 Å². The molecule has 2 aliphatic carbocycles. The lowest BCUT2D eigenvalue weighted by Gasteiger charge is -2.33. The molecule has 0 aliphatic heterocycles. The summed E-state index contributed by atoms with van der Waals surface area (Å²) in [7, 11) is 2.77. The second kappa shape index (κ2) is 8.85. The van der Waals surface area contributed by atoms with E-state index in [2.05, 4.69) is 0 Å². The monoisotopic (exact) mass is 572 g/mol. The largest absolute Gasteiger partial charge is 0.507 e. The molecule has 4 aromatic carbocycles. The Morgan fingerprint density at radius 1 is 0.643 bits per heavy atom. The summed E-state index contributed by atoms with van der Waals surface area (Å²) in [6.45, 7) is 1.75. The highest BCUT2D eigenvalue weighted by atomic mass is 16.5. The summed E-state index contributed by atoms with van der Waals surface area (Å²) in [4.78, 5) is 39.8. The van der Waals surface area contributed by atoms with Gasteiger partial charge in [-0.25, -0.2) is 0 Å². The van der Waals surface area contributed by atoms with Gasteiger partial charge in [0, 0.05) is 37.1 Å². The van der Waals surface area contributed by atoms with E-state index in [4.69, 9.17) is 9.47 Å². The molecule has 11 heteroatoms. The molecular formula is C31H24O11. The Hall–Kier alpha value is -5.29. The normalized spacial score (nSPS) is 17.6. The minimum Gasteiger partial charge on any atom is -0.507 e. The summed E-state index contributed by atoms with van der Waals surface area (Å²) in [5.41, 5.74) is -3.18. The summed E-state index contributed by atoms with van der Waals surface area (Å²) in [6.07, 6.45) is 0.226. The Labute approximate surface area is 237 Å². The molecule has 0 radical (unpaired) electrons. The van der Waals surface area contributed by atoms with Gasteiger partial charge in [0.15, 0.2) is 11.6 Å². The van der Waals surface area contributed by atoms with Crippen molar-refractivity contribution in [3.63, 3.8) is 0 Å². The zero-order valence-electron chi connectivity index (χ0n) is 22.5. The van der Waals surface area contributed by atoms with Gasteiger partial charge in [-0.15, -0.1) is 0 Å². The van der Waals surface area contributed by atoms with Crippen molar-refractivity contribution in [1.82, 2.24) is 0 Å². The van der Waals surface area contributed by atoms with Crippen molar-refractivity contribution in [2.24, 2.45) is 0 Å². The maximum atomic E-state index is 13.5. The number of ether oxygens (including phenoxy) is 2. The summed E-state index contributed by atoms with van der Waals surface area (Å²) in [5, 5.41) is 66.2. The number of aromatic hydroxyl groups is 6. The molecule has 6 N–H and O–H groups in total. The molecule has 0 bridgehead atoms. The van der Waals surface area contributed by atoms with E-state index < -0.39 is 79.7 Å². The number of hydrogen-bond acceptors (Lipinski definition) is 11. The SMILES string of the molecule is COc1cc(O)c2c(c1)C(=O)c1cc(O)c(-c3c(O)cc4cc5c(c(O)c4c3O)C(=O)CC(C)(OC)C5)c(O)c1C2=O. The van der Waals surface area contributed by atoms with Crippen LogP contribution in [-0.2, 0) is 11.2 Å². The molecule has 0 saturated heterocycles. The number of phenolic OH excluding ortho intramolecular Hbond substituents is 6. The molecule has 11 nitrogen and oxygen atoms in total. The number of Topliss-reactive ketones (excluding diaryl/α,β-unsaturated/α-hetero) is 1. The van der Waals surface area contributed by atoms with Gasteiger partial charge >= 0.3 is 0 Å². The average molecular weight is 573 g/mol. The van der Waals surface area contributed by atoms with Gasteiger partial charge in [-0.2, -0.15) is 0 Å². The first-order chi connectivity index (χ1) is 19.8. The lowest BCUT2D eigenvalue weighted by Crippen LogP contribution is -2.37. The van der Waals surface area contributed by atoms with Gasteiger partial charge in [-0.05, 0) is 42.1 Å². The van der Waals surface area contributed by atoms with Crippen LogP contribution in [0.2, 0.25) is 0 Å². The van der Waals surface area contributed by atoms with Crippen LogP contribution in [0.3, 0.4) is 0 Å². The van der Waals surface area contributed by atoms with Gasteiger partial charge < -0.3 is 40.1 Å². The lowest BCUT2D eigenvalue weighted by atomic mass is 9.78. The van der Waals surface area contributed by atoms with E-state index in [-0.39, 0.29) is 46.1 Å². The van der Waals surface area contributed by atoms with Crippen LogP contribution in [0.5, 0.6) is 40.2 Å². The van der Waals surface area contributed by atoms with Crippen LogP contribution in [0.4, 0.5) is 0 Å². The van der Waals surface area contributed by atoms with E-state index >= 15 is 0 Å². The topological polar surface area (TPSA) is 191 Å². The third-order valence-electron chi connectivity index (χ3n) is 8.11. The van der Waals surface area contributed by atoms with E-state index in [1.807, 2.05) is 0 Å². The van der Waals surface area contributed by atoms with Crippen LogP contribution < -0.4 is 4.74 Å². The van der Waals surface area contributed by atoms with E-state index in [9.17, 15) is 45.0 Å². The number of fused-ring (bicyclic) bond motifs is 4. The molecule has 0 spiro atoms. The van der Waals surface area contributed by atoms with Gasteiger partial charge in [-0.3, -0.25) is 14.4 Å². The summed E-state index contributed by atoms with van der Waals surface area (Å²) in [6, 6.07) is 5.93. The zero-order valence-corrected chi connectivity index (χ0v) is 22.5. The first-order valence-electron chi connectivity index (χ1n) is 12.7. The van der Waals surface area contributed by atoms with Crippen LogP contribution in [-0.4, -0.2) is 67.8 Å². The number of ketones is 3. The third-order valence-corrected chi connectivity index (χ3v) is 8.11. The maximum Gasteiger partial charge on any atom is 0.202 e. The van der Waals surface area contributed by atoms with Crippen LogP contribution in [0.15, 0.2) is 30.3 Å². The van der Waals surface area contributed by atoms with Gasteiger partial charge in [0.05, 0.1) is 45.9 Å². The Balaban J connectivity index is 1.60. The Morgan fingerprint density at radius 3 is 1.90 bits per heavy atom. The molecular weight excluding hydrogens is 548 g/mol. The van der Waals surface area contributed by atoms with E-state index in [0.717, 1.165) is 18.2 Å². The first kappa shape index (κ1) is 26.9. The van der Waals surface area contributed by atoms with Crippen LogP contribution >= 0.6 is 0 Å². The van der Waals surface area contributed by atoms with Crippen molar-refractivity contribution < 1.29 is 54.5 Å². The molecule has 0 fully saturated rings. The molecule has 0 saturated carbocycles. The summed E-state index contributed by atoms with van der Waals surface area (Å²) < 4.78 is 10.5. The van der Waals surface area contributed by atoms with Gasteiger partial charge in [0.2, 0.25) is 5.78 Å². The molecule has 4 aromatic rings. The maximum absolute atomic E-state index is 13.5. The highest BCUT2D eigenvalue weighted by Gasteiger charge is 2.40. The fourth-order valence-electron chi connectivity index (χ4n) is 6.03. The van der Waals surface area contributed by atoms with Crippen molar-refractivity contribution in [2.45, 2.75) is 25.4 Å². The average Bonchev–Trinajstić information content (AvgIpc) is 2.91. The van der Waals surface area contributed by atoms with Crippen molar-refractivity contribution in [3.05, 3.63) is 63.7 Å². The molecule has 214 valence electrons. The molecule has 0 amide bonds. The number of benzene rings is 4. The fraction of sp³-hybridized carbons (Fsp3) is 0.194. The molecule has 1 unspecified atom stereocenters. The predicted molar refractivity (Wildman–Crippen MR) is 147 cm³/mol. The summed E-state index contributed by atoms with van der Waals surface area (Å²) >= 11 is 0. The zero-order chi connectivity index (χ0) is 30.4. The standard InChI is InChI=1S/C31H24O11/c1-31(42-3)9-12-4-11-5-16(32)24(28(38)21(11)27(37)20(12)19(35)10-31)25-18(34)8-15-23(30(25)40)29(39)22-14(26(15)36)6-13(41-2)7-17(22)33/h4-8,32-34,37-38,40H,9-10H2,1-3H3. The van der Waals surface area contributed by atoms with E-state index in [1.165, 1.54) is 26.4 Å². The second-order valence-corrected chi connectivity index (χ2v) is 10.7. The van der Waals surface area contributed by atoms with E-state index in [0.29, 0.717) is 5.56 Å². The third kappa shape index (κ3) is 3.53. The number of phenols is 6. The van der Waals surface area contributed by atoms with Crippen molar-refractivity contribution >= 4 is 28.1 Å². The quantitative estimate of drug-likeness (QED) is 0.183. The Morgan fingerprint density at radius 2 is 1.24 bits per heavy atom. The molecule has 0 aromatic heterocycles. The smallest absolute Gasteiger partial charge is 0.202 e. The molecule has 1 atom stereocenters. The van der Waals surface area contributed by atoms with Gasteiger partial charge in [0.1, 0.15) is 40.2 Å². The fourth-order valence-corrected chi connectivity index (χ4v) is 6.03. The highest BCUT2D eigenvalue weighted by molar-refractivity contribution is 6.31.